The minimum Gasteiger partial charge on any atom is -0.473 e. The highest BCUT2D eigenvalue weighted by molar-refractivity contribution is 5.92. The van der Waals surface area contributed by atoms with Crippen LogP contribution in [0, 0.1) is 6.92 Å². The monoisotopic (exact) mass is 464 g/mol. The van der Waals surface area contributed by atoms with E-state index in [1.807, 2.05) is 104 Å². The third-order valence-corrected chi connectivity index (χ3v) is 5.80. The van der Waals surface area contributed by atoms with E-state index in [9.17, 15) is 5.21 Å². The van der Waals surface area contributed by atoms with Gasteiger partial charge in [-0.15, -0.1) is 0 Å². The van der Waals surface area contributed by atoms with Crippen molar-refractivity contribution < 1.29 is 20.2 Å². The number of nitrogens with zero attached hydrogens (tertiary/aromatic N) is 2. The van der Waals surface area contributed by atoms with Crippen LogP contribution in [0.5, 0.6) is 11.8 Å². The standard InChI is InChI=1S/C29H25N3O3/c1-20-24(17-25-26(30-20)13-8-14-27(25)32-33)23-15-16-28(34-18-21-9-4-2-5-10-21)31-29(23)35-19-22-11-6-3-7-12-22/h2-17,32-33H,18-19H2,1H3/p+1. The van der Waals surface area contributed by atoms with E-state index in [0.29, 0.717) is 30.7 Å². The fourth-order valence-electron chi connectivity index (χ4n) is 3.98. The molecular weight excluding hydrogens is 438 g/mol. The molecule has 174 valence electrons. The summed E-state index contributed by atoms with van der Waals surface area (Å²) in [6.07, 6.45) is 0. The molecule has 0 amide bonds. The number of quaternary nitrogens is 1. The Balaban J connectivity index is 1.53. The van der Waals surface area contributed by atoms with E-state index in [1.165, 1.54) is 0 Å². The van der Waals surface area contributed by atoms with Crippen LogP contribution in [0.1, 0.15) is 16.8 Å². The summed E-state index contributed by atoms with van der Waals surface area (Å²) in [6, 6.07) is 31.4. The maximum absolute atomic E-state index is 9.71. The van der Waals surface area contributed by atoms with Gasteiger partial charge in [0.05, 0.1) is 10.9 Å². The van der Waals surface area contributed by atoms with Crippen LogP contribution in [0.3, 0.4) is 0 Å². The molecule has 0 aliphatic carbocycles. The smallest absolute Gasteiger partial charge is 0.225 e. The number of rotatable bonds is 8. The normalized spacial score (nSPS) is 10.9. The second-order valence-corrected chi connectivity index (χ2v) is 8.22. The lowest BCUT2D eigenvalue weighted by molar-refractivity contribution is -0.824. The molecule has 0 fully saturated rings. The van der Waals surface area contributed by atoms with Crippen LogP contribution >= 0.6 is 0 Å². The van der Waals surface area contributed by atoms with Gasteiger partial charge in [-0.1, -0.05) is 66.7 Å². The number of benzene rings is 3. The van der Waals surface area contributed by atoms with E-state index in [2.05, 4.69) is 0 Å². The molecule has 0 unspecified atom stereocenters. The molecule has 0 radical (unpaired) electrons. The molecule has 0 aliphatic rings. The van der Waals surface area contributed by atoms with Gasteiger partial charge in [0.25, 0.3) is 0 Å². The lowest BCUT2D eigenvalue weighted by atomic mass is 10.0. The first-order chi connectivity index (χ1) is 17.2. The van der Waals surface area contributed by atoms with Gasteiger partial charge in [-0.25, -0.2) is 5.21 Å². The zero-order valence-corrected chi connectivity index (χ0v) is 19.4. The number of hydrogen-bond donors (Lipinski definition) is 2. The Labute approximate surface area is 203 Å². The first-order valence-electron chi connectivity index (χ1n) is 11.4. The number of hydrogen-bond acceptors (Lipinski definition) is 5. The summed E-state index contributed by atoms with van der Waals surface area (Å²) in [5, 5.41) is 10.6. The zero-order chi connectivity index (χ0) is 24.0. The Bertz CT molecular complexity index is 1440. The van der Waals surface area contributed by atoms with Crippen molar-refractivity contribution in [1.29, 1.82) is 0 Å². The van der Waals surface area contributed by atoms with Crippen LogP contribution in [0.25, 0.3) is 22.0 Å². The minimum atomic E-state index is 0.374. The van der Waals surface area contributed by atoms with Gasteiger partial charge in [0.2, 0.25) is 11.8 Å². The Hall–Kier alpha value is -4.26. The molecule has 35 heavy (non-hydrogen) atoms. The van der Waals surface area contributed by atoms with Gasteiger partial charge in [-0.05, 0) is 36.2 Å². The van der Waals surface area contributed by atoms with Gasteiger partial charge in [0.1, 0.15) is 13.2 Å². The Kier molecular flexibility index (Phi) is 6.66. The summed E-state index contributed by atoms with van der Waals surface area (Å²) < 4.78 is 12.2. The van der Waals surface area contributed by atoms with Gasteiger partial charge in [-0.2, -0.15) is 10.5 Å². The Morgan fingerprint density at radius 1 is 0.714 bits per heavy atom. The van der Waals surface area contributed by atoms with Crippen LogP contribution in [-0.2, 0) is 13.2 Å². The van der Waals surface area contributed by atoms with E-state index in [0.717, 1.165) is 44.3 Å². The van der Waals surface area contributed by atoms with Gasteiger partial charge >= 0.3 is 0 Å². The van der Waals surface area contributed by atoms with Gasteiger partial charge in [0, 0.05) is 29.0 Å². The molecule has 2 heterocycles. The summed E-state index contributed by atoms with van der Waals surface area (Å²) in [5.74, 6) is 0.950. The number of nitrogens with two attached hydrogens (primary N) is 1. The highest BCUT2D eigenvalue weighted by Crippen LogP contribution is 2.35. The molecule has 0 aliphatic heterocycles. The molecule has 0 saturated carbocycles. The van der Waals surface area contributed by atoms with Crippen molar-refractivity contribution >= 4 is 16.6 Å². The molecule has 3 aromatic carbocycles. The van der Waals surface area contributed by atoms with E-state index >= 15 is 0 Å². The molecule has 3 N–H and O–H groups in total. The third-order valence-electron chi connectivity index (χ3n) is 5.80. The first-order valence-corrected chi connectivity index (χ1v) is 11.4. The fourth-order valence-corrected chi connectivity index (χ4v) is 3.98. The van der Waals surface area contributed by atoms with E-state index < -0.39 is 0 Å². The SMILES string of the molecule is Cc1nc2cccc([NH2+]O)c2cc1-c1ccc(OCc2ccccc2)nc1OCc1ccccc1. The molecule has 0 bridgehead atoms. The highest BCUT2D eigenvalue weighted by atomic mass is 16.5. The quantitative estimate of drug-likeness (QED) is 0.239. The highest BCUT2D eigenvalue weighted by Gasteiger charge is 2.17. The van der Waals surface area contributed by atoms with E-state index in [4.69, 9.17) is 19.4 Å². The molecule has 0 spiro atoms. The lowest BCUT2D eigenvalue weighted by Gasteiger charge is -2.15. The largest absolute Gasteiger partial charge is 0.473 e. The Morgan fingerprint density at radius 2 is 1.40 bits per heavy atom. The first kappa shape index (κ1) is 22.5. The molecule has 6 heteroatoms. The topological polar surface area (TPSA) is 81.1 Å². The third kappa shape index (κ3) is 5.14. The second kappa shape index (κ2) is 10.3. The zero-order valence-electron chi connectivity index (χ0n) is 19.4. The fraction of sp³-hybridized carbons (Fsp3) is 0.103. The summed E-state index contributed by atoms with van der Waals surface area (Å²) >= 11 is 0. The molecule has 2 aromatic heterocycles. The van der Waals surface area contributed by atoms with Gasteiger partial charge in [-0.3, -0.25) is 4.98 Å². The molecule has 0 atom stereocenters. The van der Waals surface area contributed by atoms with Crippen LogP contribution < -0.4 is 15.0 Å². The molecule has 6 nitrogen and oxygen atoms in total. The summed E-state index contributed by atoms with van der Waals surface area (Å²) in [5.41, 5.74) is 7.28. The predicted molar refractivity (Wildman–Crippen MR) is 135 cm³/mol. The second-order valence-electron chi connectivity index (χ2n) is 8.22. The van der Waals surface area contributed by atoms with Crippen molar-refractivity contribution in [2.45, 2.75) is 20.1 Å². The maximum atomic E-state index is 9.71. The molecule has 5 aromatic rings. The van der Waals surface area contributed by atoms with Crippen LogP contribution in [-0.4, -0.2) is 15.2 Å². The van der Waals surface area contributed by atoms with Crippen LogP contribution in [0.15, 0.2) is 97.1 Å². The predicted octanol–water partition coefficient (Wildman–Crippen LogP) is 5.35. The number of aryl methyl sites for hydroxylation is 1. The molecule has 0 saturated heterocycles. The van der Waals surface area contributed by atoms with Crippen LogP contribution in [0.2, 0.25) is 0 Å². The molecular formula is C29H26N3O3+. The summed E-state index contributed by atoms with van der Waals surface area (Å²) in [4.78, 5) is 9.49. The number of aromatic nitrogens is 2. The number of pyridine rings is 2. The van der Waals surface area contributed by atoms with Crippen molar-refractivity contribution in [3.8, 4) is 22.9 Å². The lowest BCUT2D eigenvalue weighted by Crippen LogP contribution is -2.73. The van der Waals surface area contributed by atoms with Crippen molar-refractivity contribution in [2.24, 2.45) is 0 Å². The average molecular weight is 465 g/mol. The average Bonchev–Trinajstić information content (AvgIpc) is 2.91. The molecule has 5 rings (SSSR count). The van der Waals surface area contributed by atoms with Crippen molar-refractivity contribution in [3.05, 3.63) is 114 Å². The summed E-state index contributed by atoms with van der Waals surface area (Å²) in [6.45, 7) is 2.75. The number of fused-ring (bicyclic) bond motifs is 1. The minimum absolute atomic E-state index is 0.374. The van der Waals surface area contributed by atoms with Crippen molar-refractivity contribution in [3.63, 3.8) is 0 Å². The van der Waals surface area contributed by atoms with Gasteiger partial charge < -0.3 is 9.47 Å². The van der Waals surface area contributed by atoms with E-state index in [-0.39, 0.29) is 0 Å². The van der Waals surface area contributed by atoms with Crippen molar-refractivity contribution in [2.75, 3.05) is 0 Å². The van der Waals surface area contributed by atoms with Gasteiger partial charge in [0.15, 0.2) is 5.69 Å². The van der Waals surface area contributed by atoms with Crippen LogP contribution in [0.4, 0.5) is 5.69 Å². The van der Waals surface area contributed by atoms with Crippen molar-refractivity contribution in [1.82, 2.24) is 9.97 Å². The van der Waals surface area contributed by atoms with E-state index in [1.54, 1.807) is 0 Å². The summed E-state index contributed by atoms with van der Waals surface area (Å²) in [7, 11) is 0. The Morgan fingerprint density at radius 3 is 2.09 bits per heavy atom. The maximum Gasteiger partial charge on any atom is 0.225 e. The number of ether oxygens (including phenoxy) is 2.